The number of halogens is 1. The first-order valence-electron chi connectivity index (χ1n) is 6.71. The van der Waals surface area contributed by atoms with Gasteiger partial charge >= 0.3 is 0 Å². The molecule has 0 unspecified atom stereocenters. The maximum Gasteiger partial charge on any atom is 0.280 e. The number of aromatic nitrogens is 3. The molecule has 1 aromatic carbocycles. The van der Waals surface area contributed by atoms with E-state index in [9.17, 15) is 9.59 Å². The third kappa shape index (κ3) is 2.47. The van der Waals surface area contributed by atoms with Crippen molar-refractivity contribution >= 4 is 22.5 Å². The number of fused-ring (bicyclic) bond motifs is 1. The van der Waals surface area contributed by atoms with E-state index in [1.807, 2.05) is 0 Å². The second-order valence-electron chi connectivity index (χ2n) is 4.83. The first kappa shape index (κ1) is 14.6. The third-order valence-electron chi connectivity index (χ3n) is 3.42. The molecule has 0 fully saturated rings. The van der Waals surface area contributed by atoms with E-state index in [2.05, 4.69) is 5.10 Å². The van der Waals surface area contributed by atoms with E-state index in [1.54, 1.807) is 37.6 Å². The lowest BCUT2D eigenvalue weighted by atomic mass is 10.3. The molecule has 0 aliphatic rings. The lowest BCUT2D eigenvalue weighted by Crippen LogP contribution is -2.21. The largest absolute Gasteiger partial charge is 0.383 e. The first-order chi connectivity index (χ1) is 10.6. The minimum atomic E-state index is -0.255. The van der Waals surface area contributed by atoms with Crippen LogP contribution >= 0.6 is 11.6 Å². The van der Waals surface area contributed by atoms with Crippen LogP contribution in [-0.4, -0.2) is 28.1 Å². The van der Waals surface area contributed by atoms with Gasteiger partial charge in [0.15, 0.2) is 0 Å². The van der Waals surface area contributed by atoms with E-state index in [-0.39, 0.29) is 11.1 Å². The number of rotatable bonds is 4. The van der Waals surface area contributed by atoms with Gasteiger partial charge in [0.2, 0.25) is 0 Å². The Balaban J connectivity index is 2.20. The van der Waals surface area contributed by atoms with Gasteiger partial charge in [0.05, 0.1) is 28.2 Å². The molecular weight excluding hydrogens is 306 g/mol. The minimum Gasteiger partial charge on any atom is -0.383 e. The fraction of sp³-hybridized carbons (Fsp3) is 0.200. The van der Waals surface area contributed by atoms with Crippen molar-refractivity contribution in [3.05, 3.63) is 62.3 Å². The molecule has 114 valence electrons. The van der Waals surface area contributed by atoms with Gasteiger partial charge in [-0.15, -0.1) is 0 Å². The zero-order valence-electron chi connectivity index (χ0n) is 11.9. The molecule has 0 atom stereocenters. The molecule has 0 spiro atoms. The van der Waals surface area contributed by atoms with Gasteiger partial charge in [-0.25, -0.2) is 4.68 Å². The number of nitrogens with one attached hydrogen (secondary N) is 1. The summed E-state index contributed by atoms with van der Waals surface area (Å²) >= 11 is 6.13. The van der Waals surface area contributed by atoms with Crippen LogP contribution in [0.1, 0.15) is 0 Å². The van der Waals surface area contributed by atoms with Gasteiger partial charge in [0.25, 0.3) is 11.1 Å². The van der Waals surface area contributed by atoms with Gasteiger partial charge in [-0.05, 0) is 12.1 Å². The van der Waals surface area contributed by atoms with Crippen LogP contribution in [0.2, 0.25) is 5.02 Å². The molecular formula is C15H14ClN3O3. The number of para-hydroxylation sites is 1. The molecule has 1 N–H and O–H groups in total. The number of benzene rings is 1. The van der Waals surface area contributed by atoms with Crippen LogP contribution in [-0.2, 0) is 11.3 Å². The lowest BCUT2D eigenvalue weighted by molar-refractivity contribution is 0.186. The molecule has 7 heteroatoms. The van der Waals surface area contributed by atoms with Crippen molar-refractivity contribution in [1.82, 2.24) is 14.3 Å². The third-order valence-corrected chi connectivity index (χ3v) is 3.74. The number of hydrogen-bond acceptors (Lipinski definition) is 3. The fourth-order valence-electron chi connectivity index (χ4n) is 2.29. The number of aromatic amines is 1. The Bertz CT molecular complexity index is 939. The molecule has 0 saturated heterocycles. The number of hydrogen-bond donors (Lipinski definition) is 1. The molecule has 6 nitrogen and oxygen atoms in total. The van der Waals surface area contributed by atoms with Crippen molar-refractivity contribution in [3.8, 4) is 5.69 Å². The topological polar surface area (TPSA) is 69.0 Å². The van der Waals surface area contributed by atoms with Gasteiger partial charge in [-0.2, -0.15) is 0 Å². The first-order valence-corrected chi connectivity index (χ1v) is 7.08. The van der Waals surface area contributed by atoms with Crippen molar-refractivity contribution < 1.29 is 4.74 Å². The number of pyridine rings is 1. The molecule has 0 aliphatic carbocycles. The highest BCUT2D eigenvalue weighted by Crippen LogP contribution is 2.18. The van der Waals surface area contributed by atoms with Gasteiger partial charge in [-0.1, -0.05) is 23.7 Å². The quantitative estimate of drug-likeness (QED) is 0.797. The Labute approximate surface area is 130 Å². The molecule has 0 radical (unpaired) electrons. The number of H-pyrrole nitrogens is 1. The van der Waals surface area contributed by atoms with Crippen molar-refractivity contribution in [2.45, 2.75) is 6.54 Å². The van der Waals surface area contributed by atoms with E-state index in [1.165, 1.54) is 15.3 Å². The van der Waals surface area contributed by atoms with Gasteiger partial charge in [0.1, 0.15) is 0 Å². The minimum absolute atomic E-state index is 0.197. The molecule has 0 saturated carbocycles. The molecule has 2 aromatic heterocycles. The highest BCUT2D eigenvalue weighted by Gasteiger charge is 2.12. The standard InChI is InChI=1S/C15H14ClN3O3/c1-22-7-6-18-9-10-12(8-14(18)20)17-19(15(10)21)13-5-3-2-4-11(13)16/h2-5,8-9,17H,6-7H2,1H3. The van der Waals surface area contributed by atoms with Crippen molar-refractivity contribution in [2.24, 2.45) is 0 Å². The maximum absolute atomic E-state index is 12.5. The van der Waals surface area contributed by atoms with Crippen LogP contribution in [0.4, 0.5) is 0 Å². The fourth-order valence-corrected chi connectivity index (χ4v) is 2.52. The van der Waals surface area contributed by atoms with Gasteiger partial charge < -0.3 is 9.30 Å². The van der Waals surface area contributed by atoms with Crippen LogP contribution in [0.25, 0.3) is 16.6 Å². The van der Waals surface area contributed by atoms with Crippen LogP contribution in [0, 0.1) is 0 Å². The molecule has 0 bridgehead atoms. The SMILES string of the molecule is COCCn1cc2c(=O)n(-c3ccccc3Cl)[nH]c2cc1=O. The summed E-state index contributed by atoms with van der Waals surface area (Å²) in [5.74, 6) is 0. The Morgan fingerprint density at radius 1 is 1.27 bits per heavy atom. The normalized spacial score (nSPS) is 11.2. The van der Waals surface area contributed by atoms with Crippen molar-refractivity contribution in [3.63, 3.8) is 0 Å². The van der Waals surface area contributed by atoms with E-state index in [0.29, 0.717) is 34.8 Å². The van der Waals surface area contributed by atoms with Gasteiger partial charge in [0, 0.05) is 25.9 Å². The van der Waals surface area contributed by atoms with Crippen LogP contribution < -0.4 is 11.1 Å². The number of ether oxygens (including phenoxy) is 1. The van der Waals surface area contributed by atoms with E-state index in [0.717, 1.165) is 0 Å². The number of methoxy groups -OCH3 is 1. The molecule has 0 amide bonds. The summed E-state index contributed by atoms with van der Waals surface area (Å²) in [5, 5.41) is 3.80. The Morgan fingerprint density at radius 3 is 2.77 bits per heavy atom. The van der Waals surface area contributed by atoms with E-state index >= 15 is 0 Å². The number of nitrogens with zero attached hydrogens (tertiary/aromatic N) is 2. The summed E-state index contributed by atoms with van der Waals surface area (Å²) in [6.45, 7) is 0.788. The summed E-state index contributed by atoms with van der Waals surface area (Å²) in [6, 6.07) is 8.41. The van der Waals surface area contributed by atoms with Crippen molar-refractivity contribution in [1.29, 1.82) is 0 Å². The summed E-state index contributed by atoms with van der Waals surface area (Å²) in [5.41, 5.74) is 0.566. The Morgan fingerprint density at radius 2 is 2.05 bits per heavy atom. The van der Waals surface area contributed by atoms with Crippen LogP contribution in [0.15, 0.2) is 46.1 Å². The molecule has 3 aromatic rings. The lowest BCUT2D eigenvalue weighted by Gasteiger charge is -2.03. The zero-order valence-corrected chi connectivity index (χ0v) is 12.6. The zero-order chi connectivity index (χ0) is 15.7. The van der Waals surface area contributed by atoms with Crippen LogP contribution in [0.5, 0.6) is 0 Å². The monoisotopic (exact) mass is 319 g/mol. The predicted octanol–water partition coefficient (Wildman–Crippen LogP) is 1.78. The molecule has 0 aliphatic heterocycles. The Kier molecular flexibility index (Phi) is 3.87. The maximum atomic E-state index is 12.5. The Hall–Kier alpha value is -2.31. The average molecular weight is 320 g/mol. The van der Waals surface area contributed by atoms with Crippen molar-refractivity contribution in [2.75, 3.05) is 13.7 Å². The summed E-state index contributed by atoms with van der Waals surface area (Å²) in [6.07, 6.45) is 1.54. The average Bonchev–Trinajstić information content (AvgIpc) is 2.81. The summed E-state index contributed by atoms with van der Waals surface area (Å²) in [4.78, 5) is 24.6. The smallest absolute Gasteiger partial charge is 0.280 e. The highest BCUT2D eigenvalue weighted by molar-refractivity contribution is 6.32. The van der Waals surface area contributed by atoms with Gasteiger partial charge in [-0.3, -0.25) is 14.7 Å². The molecule has 22 heavy (non-hydrogen) atoms. The van der Waals surface area contributed by atoms with Crippen LogP contribution in [0.3, 0.4) is 0 Å². The van der Waals surface area contributed by atoms with E-state index < -0.39 is 0 Å². The molecule has 3 rings (SSSR count). The highest BCUT2D eigenvalue weighted by atomic mass is 35.5. The predicted molar refractivity (Wildman–Crippen MR) is 85.0 cm³/mol. The second kappa shape index (κ2) is 5.82. The summed E-state index contributed by atoms with van der Waals surface area (Å²) < 4.78 is 7.76. The van der Waals surface area contributed by atoms with E-state index in [4.69, 9.17) is 16.3 Å². The second-order valence-corrected chi connectivity index (χ2v) is 5.24. The molecule has 2 heterocycles. The summed E-state index contributed by atoms with van der Waals surface area (Å²) in [7, 11) is 1.56.